The van der Waals surface area contributed by atoms with Crippen LogP contribution in [0.2, 0.25) is 0 Å². The number of aromatic nitrogens is 10. The Kier molecular flexibility index (Phi) is 18.4. The van der Waals surface area contributed by atoms with Crippen LogP contribution in [0.15, 0.2) is 39.1 Å². The van der Waals surface area contributed by atoms with Gasteiger partial charge in [-0.2, -0.15) is 17.9 Å². The lowest BCUT2D eigenvalue weighted by Crippen LogP contribution is -2.45. The third kappa shape index (κ3) is 13.3. The normalized spacial score (nSPS) is 30.0. The number of fused-ring (bicyclic) bond motifs is 3. The topological polar surface area (TPSA) is 587 Å². The van der Waals surface area contributed by atoms with Gasteiger partial charge in [0.25, 0.3) is 24.9 Å². The summed E-state index contributed by atoms with van der Waals surface area (Å²) in [7, 11) is -26.8. The number of rotatable bonds is 24. The summed E-state index contributed by atoms with van der Waals surface area (Å²) in [6, 6.07) is 0. The largest absolute Gasteiger partial charge is 0.756 e. The number of aryl methyl sites for hydroxylation is 1. The summed E-state index contributed by atoms with van der Waals surface area (Å²) in [5, 5.41) is 33.1. The smallest absolute Gasteiger partial charge is 0.490 e. The number of allylic oxidation sites excluding steroid dienone is 1. The number of aliphatic hydroxyl groups is 3. The number of hydrogen-bond acceptors (Lipinski definition) is 31. The van der Waals surface area contributed by atoms with Crippen LogP contribution in [0, 0.1) is 5.92 Å². The molecule has 5 aromatic heterocycles. The van der Waals surface area contributed by atoms with E-state index in [1.165, 1.54) is 46.7 Å². The average molecular weight is 1290 g/mol. The summed E-state index contributed by atoms with van der Waals surface area (Å²) in [5.74, 6) is -1.66. The molecule has 5 unspecified atom stereocenters. The summed E-state index contributed by atoms with van der Waals surface area (Å²) in [5.41, 5.74) is 17.1. The highest BCUT2D eigenvalue weighted by Crippen LogP contribution is 2.71. The van der Waals surface area contributed by atoms with Crippen LogP contribution in [0.25, 0.3) is 28.0 Å². The lowest BCUT2D eigenvalue weighted by molar-refractivity contribution is -0.745. The molecule has 0 aromatic carbocycles. The van der Waals surface area contributed by atoms with Gasteiger partial charge >= 0.3 is 36.9 Å². The first kappa shape index (κ1) is 63.6. The number of imidazole rings is 3. The molecule has 0 aliphatic carbocycles. The second kappa shape index (κ2) is 24.3. The van der Waals surface area contributed by atoms with E-state index in [-0.39, 0.29) is 58.0 Å². The molecule has 3 saturated heterocycles. The van der Waals surface area contributed by atoms with Crippen molar-refractivity contribution in [1.29, 1.82) is 0 Å². The first-order valence-electron chi connectivity index (χ1n) is 24.3. The predicted octanol–water partition coefficient (Wildman–Crippen LogP) is -2.66. The first-order chi connectivity index (χ1) is 39.4. The number of phosphoric ester groups is 3. The van der Waals surface area contributed by atoms with Gasteiger partial charge in [-0.3, -0.25) is 46.9 Å². The molecule has 3 fully saturated rings. The highest BCUT2D eigenvalue weighted by atomic mass is 31.3. The third-order valence-electron chi connectivity index (χ3n) is 13.3. The van der Waals surface area contributed by atoms with E-state index in [9.17, 15) is 72.2 Å². The summed E-state index contributed by atoms with van der Waals surface area (Å²) in [6.45, 7) is -1.91. The summed E-state index contributed by atoms with van der Waals surface area (Å²) < 4.78 is 132. The zero-order valence-corrected chi connectivity index (χ0v) is 48.2. The van der Waals surface area contributed by atoms with Gasteiger partial charge in [0.2, 0.25) is 17.7 Å². The highest BCUT2D eigenvalue weighted by molar-refractivity contribution is 7.69. The van der Waals surface area contributed by atoms with E-state index < -0.39 is 143 Å². The molecule has 464 valence electrons. The van der Waals surface area contributed by atoms with Gasteiger partial charge in [0.1, 0.15) is 48.4 Å². The monoisotopic (exact) mass is 1290 g/mol. The van der Waals surface area contributed by atoms with Crippen LogP contribution in [0.5, 0.6) is 0 Å². The Balaban J connectivity index is 0.869. The summed E-state index contributed by atoms with van der Waals surface area (Å²) in [4.78, 5) is 106. The van der Waals surface area contributed by atoms with Gasteiger partial charge in [-0.05, 0) is 12.0 Å². The zero-order chi connectivity index (χ0) is 61.2. The van der Waals surface area contributed by atoms with E-state index in [4.69, 9.17) is 59.0 Å². The number of aromatic amines is 2. The lowest BCUT2D eigenvalue weighted by atomic mass is 9.99. The van der Waals surface area contributed by atoms with Crippen LogP contribution in [-0.4, -0.2) is 174 Å². The molecule has 9 rings (SSSR count). The molecule has 4 aliphatic rings. The van der Waals surface area contributed by atoms with Crippen LogP contribution in [0.4, 0.5) is 17.7 Å². The number of H-pyrrole nitrogens is 2. The molecule has 0 spiro atoms. The Labute approximate surface area is 469 Å². The van der Waals surface area contributed by atoms with Gasteiger partial charge < -0.3 is 89.7 Å². The van der Waals surface area contributed by atoms with Crippen molar-refractivity contribution >= 4 is 91.1 Å². The molecule has 4 aliphatic heterocycles. The number of hydrogen-bond donors (Lipinski definition) is 12. The Bertz CT molecular complexity index is 3740. The number of anilines is 2. The van der Waals surface area contributed by atoms with Gasteiger partial charge in [0, 0.05) is 32.8 Å². The molecule has 84 heavy (non-hydrogen) atoms. The molecule has 0 radical (unpaired) electrons. The molecular formula is C38H55N14O27P5. The van der Waals surface area contributed by atoms with E-state index >= 15 is 0 Å². The maximum atomic E-state index is 13.7. The van der Waals surface area contributed by atoms with Crippen molar-refractivity contribution in [3.05, 3.63) is 51.0 Å². The number of nitrogens with one attached hydrogen (secondary N) is 2. The van der Waals surface area contributed by atoms with Crippen molar-refractivity contribution in [3.8, 4) is 0 Å². The highest BCUT2D eigenvalue weighted by Gasteiger charge is 2.54. The number of nitrogens with zero attached hydrogens (tertiary/aromatic N) is 9. The molecule has 41 nitrogen and oxygen atoms in total. The number of methoxy groups -OCH3 is 2. The second-order valence-corrected chi connectivity index (χ2v) is 26.3. The number of nitrogen functional groups attached to an aromatic ring is 2. The first-order valence-corrected chi connectivity index (χ1v) is 31.8. The minimum Gasteiger partial charge on any atom is -0.756 e. The van der Waals surface area contributed by atoms with Gasteiger partial charge in [-0.1, -0.05) is 11.9 Å². The van der Waals surface area contributed by atoms with E-state index in [1.807, 2.05) is 6.92 Å². The number of aliphatic hydroxyl groups excluding tert-OH is 3. The van der Waals surface area contributed by atoms with Crippen molar-refractivity contribution in [2.75, 3.05) is 52.1 Å². The SMILES string of the molecule is CCC1=C(N)c2ncn([C@@H]3O[C@H](COP(=O)(O)OP(=O)(O)OP(=O)(O)OP(=O)(O)OC[C@H]4O[C@@H]([n+]5cn(C)c6c(=O)[nH]c(N)nc65)[C@H](O)[C@@H]4COC)[C@@H](OP(=O)([O-])OC[C@H]4O[C@@H](n5cnc6c(=O)[nH]c(N)nc65)[C@H](O)[C@@H]4O)[C@H]3OC)c2N=CC1. The standard InChI is InChI=1S/C38H55N14O27P5/c1-5-15-6-7-42-29-21(20(15)39)43-12-50(29)36-28(69-4)27(76-80(58,59)70-10-18-25(54)26(55)35(74-18)51-13-44-22-30(51)45-37(40)47-32(22)56)19(75-36)11-72-82(62,63)78-84(66,67)79-83(64,65)77-81(60,61)71-9-17-16(8-68-3)24(53)34(73-17)52-14-49(2)23-31(52)46-38(41)48-33(23)57/h7,12-14,16-19,24-28,34-36,53-55H,5-6,8-11,39H2,1-4H3,(H10-,40,41,45,46,47,48,56,57,58,59,60,61,62,63,64,65,66,67)/t16-,17-,18-,19-,24-,25-,26-,27-,28-,34-,35-,36-/m1/s1. The molecule has 0 bridgehead atoms. The van der Waals surface area contributed by atoms with Gasteiger partial charge in [0.15, 0.2) is 35.8 Å². The minimum atomic E-state index is -6.45. The molecule has 15 N–H and O–H groups in total. The van der Waals surface area contributed by atoms with E-state index in [0.29, 0.717) is 12.8 Å². The molecule has 5 aromatic rings. The van der Waals surface area contributed by atoms with Crippen molar-refractivity contribution in [3.63, 3.8) is 0 Å². The summed E-state index contributed by atoms with van der Waals surface area (Å²) in [6.07, 6.45) is -12.4. The number of aliphatic imine (C=N–C) groups is 1. The van der Waals surface area contributed by atoms with Gasteiger partial charge in [-0.25, -0.2) is 37.8 Å². The zero-order valence-electron chi connectivity index (χ0n) is 43.8. The van der Waals surface area contributed by atoms with E-state index in [2.05, 4.69) is 47.8 Å². The molecule has 17 atom stereocenters. The molecule has 0 saturated carbocycles. The maximum absolute atomic E-state index is 13.7. The van der Waals surface area contributed by atoms with Crippen LogP contribution in [0.3, 0.4) is 0 Å². The fourth-order valence-corrected chi connectivity index (χ4v) is 15.5. The van der Waals surface area contributed by atoms with Crippen LogP contribution in [0.1, 0.15) is 44.1 Å². The fourth-order valence-electron chi connectivity index (χ4n) is 9.57. The number of nitrogens with two attached hydrogens (primary N) is 3. The second-order valence-electron chi connectivity index (χ2n) is 18.8. The quantitative estimate of drug-likeness (QED) is 0.0222. The van der Waals surface area contributed by atoms with Crippen molar-refractivity contribution in [2.24, 2.45) is 23.7 Å². The van der Waals surface area contributed by atoms with E-state index in [0.717, 1.165) is 23.6 Å². The van der Waals surface area contributed by atoms with Gasteiger partial charge in [0.05, 0.1) is 57.9 Å². The van der Waals surface area contributed by atoms with Crippen LogP contribution in [-0.2, 0) is 84.6 Å². The van der Waals surface area contributed by atoms with Crippen LogP contribution < -0.4 is 37.8 Å². The molecule has 0 amide bonds. The van der Waals surface area contributed by atoms with Crippen molar-refractivity contribution in [1.82, 2.24) is 43.6 Å². The Hall–Kier alpha value is -4.93. The van der Waals surface area contributed by atoms with E-state index in [1.54, 1.807) is 0 Å². The molecule has 46 heteroatoms. The van der Waals surface area contributed by atoms with Crippen molar-refractivity contribution < 1.29 is 122 Å². The Morgan fingerprint density at radius 3 is 2.01 bits per heavy atom. The Morgan fingerprint density at radius 2 is 1.36 bits per heavy atom. The third-order valence-corrected chi connectivity index (χ3v) is 20.2. The van der Waals surface area contributed by atoms with Crippen LogP contribution >= 0.6 is 39.1 Å². The minimum absolute atomic E-state index is 0.00745. The molecular weight excluding hydrogens is 1240 g/mol. The number of ether oxygens (including phenoxy) is 5. The Morgan fingerprint density at radius 1 is 0.750 bits per heavy atom. The lowest BCUT2D eigenvalue weighted by Gasteiger charge is -2.31. The predicted molar refractivity (Wildman–Crippen MR) is 274 cm³/mol. The van der Waals surface area contributed by atoms with Gasteiger partial charge in [-0.15, -0.1) is 0 Å². The maximum Gasteiger partial charge on any atom is 0.490 e. The fraction of sp³-hybridized carbons (Fsp3) is 0.579. The number of phosphoric acid groups is 5. The summed E-state index contributed by atoms with van der Waals surface area (Å²) >= 11 is 0. The molecule has 9 heterocycles. The average Bonchev–Trinajstić information content (AvgIpc) is 2.79. The van der Waals surface area contributed by atoms with Crippen molar-refractivity contribution in [2.45, 2.75) is 87.3 Å².